The molecule has 0 aliphatic heterocycles. The number of amides is 1. The molecule has 0 fully saturated rings. The van der Waals surface area contributed by atoms with Crippen molar-refractivity contribution in [2.45, 2.75) is 13.5 Å². The lowest BCUT2D eigenvalue weighted by Gasteiger charge is -2.20. The minimum Gasteiger partial charge on any atom is -0.595 e. The van der Waals surface area contributed by atoms with Crippen LogP contribution < -0.4 is 15.8 Å². The topological polar surface area (TPSA) is 125 Å². The average Bonchev–Trinajstić information content (AvgIpc) is 2.53. The molecule has 0 aliphatic carbocycles. The minimum absolute atomic E-state index is 0.00123. The fraction of sp³-hybridized carbons (Fsp3) is 0.133. The van der Waals surface area contributed by atoms with Gasteiger partial charge in [0.1, 0.15) is 0 Å². The van der Waals surface area contributed by atoms with Gasteiger partial charge in [0, 0.05) is 18.7 Å². The smallest absolute Gasteiger partial charge is 0.252 e. The standard InChI is InChI=1S/C15H17N3O5/c1-10-13(17(20)21)7-12(8-14(10)18(22)23)15(19)16-9-11-5-3-2-4-6-11/h2-8,17-18,20,22H,9H2,1H3,(H,16,19). The van der Waals surface area contributed by atoms with Crippen LogP contribution in [0.4, 0.5) is 11.4 Å². The molecule has 0 heterocycles. The van der Waals surface area contributed by atoms with Crippen molar-refractivity contribution in [1.82, 2.24) is 5.32 Å². The van der Waals surface area contributed by atoms with E-state index in [0.717, 1.165) is 5.56 Å². The lowest BCUT2D eigenvalue weighted by molar-refractivity contribution is -0.996. The van der Waals surface area contributed by atoms with Crippen LogP contribution in [0.15, 0.2) is 42.5 Å². The van der Waals surface area contributed by atoms with Gasteiger partial charge < -0.3 is 15.7 Å². The number of hydrogen-bond donors (Lipinski definition) is 5. The molecule has 0 spiro atoms. The van der Waals surface area contributed by atoms with Gasteiger partial charge in [-0.2, -0.15) is 10.5 Å². The fourth-order valence-corrected chi connectivity index (χ4v) is 2.17. The molecule has 0 radical (unpaired) electrons. The van der Waals surface area contributed by atoms with Crippen molar-refractivity contribution in [2.75, 3.05) is 0 Å². The number of quaternary nitrogens is 2. The van der Waals surface area contributed by atoms with Crippen LogP contribution in [0.3, 0.4) is 0 Å². The molecule has 122 valence electrons. The van der Waals surface area contributed by atoms with E-state index in [4.69, 9.17) is 10.4 Å². The molecule has 23 heavy (non-hydrogen) atoms. The predicted octanol–water partition coefficient (Wildman–Crippen LogP) is -0.268. The molecule has 8 nitrogen and oxygen atoms in total. The first kappa shape index (κ1) is 17.0. The molecule has 0 saturated heterocycles. The molecule has 2 unspecified atom stereocenters. The second-order valence-electron chi connectivity index (χ2n) is 4.97. The molecule has 8 heteroatoms. The zero-order valence-electron chi connectivity index (χ0n) is 12.4. The summed E-state index contributed by atoms with van der Waals surface area (Å²) < 4.78 is 0. The van der Waals surface area contributed by atoms with Crippen LogP contribution in [0.25, 0.3) is 0 Å². The summed E-state index contributed by atoms with van der Waals surface area (Å²) in [6.45, 7) is 1.66. The largest absolute Gasteiger partial charge is 0.595 e. The zero-order chi connectivity index (χ0) is 17.0. The minimum atomic E-state index is -1.28. The highest BCUT2D eigenvalue weighted by molar-refractivity contribution is 5.95. The molecule has 0 saturated carbocycles. The molecule has 2 aromatic rings. The van der Waals surface area contributed by atoms with Gasteiger partial charge in [-0.3, -0.25) is 4.79 Å². The maximum absolute atomic E-state index is 12.2. The van der Waals surface area contributed by atoms with Crippen LogP contribution in [0.5, 0.6) is 0 Å². The zero-order valence-corrected chi connectivity index (χ0v) is 12.4. The van der Waals surface area contributed by atoms with Gasteiger partial charge in [0.15, 0.2) is 11.4 Å². The van der Waals surface area contributed by atoms with Crippen molar-refractivity contribution in [2.24, 2.45) is 0 Å². The third kappa shape index (κ3) is 4.11. The van der Waals surface area contributed by atoms with Crippen molar-refractivity contribution >= 4 is 17.3 Å². The number of carbonyl (C=O) groups excluding carboxylic acids is 1. The Bertz CT molecular complexity index is 660. The normalized spacial score (nSPS) is 13.4. The number of hydrogen-bond acceptors (Lipinski definition) is 5. The molecular formula is C15H17N3O5. The molecule has 2 aromatic carbocycles. The van der Waals surface area contributed by atoms with E-state index in [9.17, 15) is 15.2 Å². The van der Waals surface area contributed by atoms with E-state index in [0.29, 0.717) is 0 Å². The van der Waals surface area contributed by atoms with Gasteiger partial charge >= 0.3 is 0 Å². The van der Waals surface area contributed by atoms with E-state index in [1.165, 1.54) is 19.1 Å². The molecule has 1 amide bonds. The Balaban J connectivity index is 2.25. The van der Waals surface area contributed by atoms with E-state index >= 15 is 0 Å². The van der Waals surface area contributed by atoms with Crippen LogP contribution >= 0.6 is 0 Å². The molecule has 0 aliphatic rings. The number of benzene rings is 2. The van der Waals surface area contributed by atoms with Gasteiger partial charge in [-0.1, -0.05) is 30.3 Å². The Morgan fingerprint density at radius 3 is 2.09 bits per heavy atom. The monoisotopic (exact) mass is 319 g/mol. The number of nitrogens with one attached hydrogen (secondary N) is 3. The van der Waals surface area contributed by atoms with Crippen LogP contribution in [0, 0.1) is 17.3 Å². The second kappa shape index (κ2) is 7.29. The Morgan fingerprint density at radius 2 is 1.61 bits per heavy atom. The van der Waals surface area contributed by atoms with Gasteiger partial charge in [0.25, 0.3) is 5.91 Å². The summed E-state index contributed by atoms with van der Waals surface area (Å²) in [5, 5.41) is 40.9. The lowest BCUT2D eigenvalue weighted by atomic mass is 10.1. The first-order valence-corrected chi connectivity index (χ1v) is 6.83. The van der Waals surface area contributed by atoms with Crippen LogP contribution in [0.2, 0.25) is 0 Å². The molecule has 0 bridgehead atoms. The van der Waals surface area contributed by atoms with Crippen molar-refractivity contribution in [1.29, 1.82) is 0 Å². The van der Waals surface area contributed by atoms with E-state index in [1.807, 2.05) is 30.3 Å². The summed E-state index contributed by atoms with van der Waals surface area (Å²) in [5.41, 5.74) is 0.598. The van der Waals surface area contributed by atoms with E-state index in [1.54, 1.807) is 0 Å². The summed E-state index contributed by atoms with van der Waals surface area (Å²) in [4.78, 5) is 12.2. The van der Waals surface area contributed by atoms with Crippen molar-refractivity contribution in [3.63, 3.8) is 0 Å². The Hall–Kier alpha value is -2.33. The van der Waals surface area contributed by atoms with Crippen LogP contribution in [0.1, 0.15) is 21.5 Å². The van der Waals surface area contributed by atoms with E-state index < -0.39 is 16.4 Å². The maximum atomic E-state index is 12.2. The Morgan fingerprint density at radius 1 is 1.09 bits per heavy atom. The third-order valence-corrected chi connectivity index (χ3v) is 3.43. The summed E-state index contributed by atoms with van der Waals surface area (Å²) in [7, 11) is 0. The summed E-state index contributed by atoms with van der Waals surface area (Å²) in [5.74, 6) is -0.529. The van der Waals surface area contributed by atoms with Gasteiger partial charge in [0.2, 0.25) is 0 Å². The number of rotatable bonds is 5. The average molecular weight is 319 g/mol. The van der Waals surface area contributed by atoms with Gasteiger partial charge in [-0.05, 0) is 12.5 Å². The molecule has 2 rings (SSSR count). The molecule has 2 atom stereocenters. The van der Waals surface area contributed by atoms with Gasteiger partial charge in [0.05, 0.1) is 11.1 Å². The first-order chi connectivity index (χ1) is 10.9. The second-order valence-corrected chi connectivity index (χ2v) is 4.97. The van der Waals surface area contributed by atoms with Crippen LogP contribution in [-0.4, -0.2) is 16.3 Å². The van der Waals surface area contributed by atoms with Gasteiger partial charge in [-0.15, -0.1) is 0 Å². The SMILES string of the molecule is Cc1c([NH+]([O-])O)cc(C(=O)NCc2ccccc2)cc1[NH+]([O-])O. The highest BCUT2D eigenvalue weighted by atomic mass is 16.8. The van der Waals surface area contributed by atoms with Crippen molar-refractivity contribution < 1.29 is 25.7 Å². The summed E-state index contributed by atoms with van der Waals surface area (Å²) in [6, 6.07) is 11.6. The quantitative estimate of drug-likeness (QED) is 0.485. The van der Waals surface area contributed by atoms with E-state index in [2.05, 4.69) is 5.32 Å². The highest BCUT2D eigenvalue weighted by Crippen LogP contribution is 2.20. The highest BCUT2D eigenvalue weighted by Gasteiger charge is 2.20. The Kier molecular flexibility index (Phi) is 5.40. The third-order valence-electron chi connectivity index (χ3n) is 3.43. The number of carbonyl (C=O) groups is 1. The molecule has 0 aromatic heterocycles. The van der Waals surface area contributed by atoms with Gasteiger partial charge in [-0.25, -0.2) is 10.4 Å². The predicted molar refractivity (Wildman–Crippen MR) is 80.3 cm³/mol. The van der Waals surface area contributed by atoms with Crippen molar-refractivity contribution in [3.8, 4) is 0 Å². The first-order valence-electron chi connectivity index (χ1n) is 6.83. The molecule has 5 N–H and O–H groups in total. The lowest BCUT2D eigenvalue weighted by Crippen LogP contribution is -3.01. The summed E-state index contributed by atoms with van der Waals surface area (Å²) >= 11 is 0. The van der Waals surface area contributed by atoms with E-state index in [-0.39, 0.29) is 29.0 Å². The van der Waals surface area contributed by atoms with Crippen LogP contribution in [-0.2, 0) is 6.54 Å². The molecular weight excluding hydrogens is 302 g/mol. The maximum Gasteiger partial charge on any atom is 0.252 e. The Labute approximate surface area is 132 Å². The fourth-order valence-electron chi connectivity index (χ4n) is 2.17. The van der Waals surface area contributed by atoms with Crippen molar-refractivity contribution in [3.05, 3.63) is 69.6 Å². The summed E-state index contributed by atoms with van der Waals surface area (Å²) in [6.07, 6.45) is 0.